The molecule has 0 aliphatic heterocycles. The van der Waals surface area contributed by atoms with E-state index in [1.807, 2.05) is 0 Å². The van der Waals surface area contributed by atoms with Crippen LogP contribution in [0.15, 0.2) is 0 Å². The summed E-state index contributed by atoms with van der Waals surface area (Å²) in [5.74, 6) is 1.42. The molecule has 0 saturated heterocycles. The molecule has 2 rings (SSSR count). The Morgan fingerprint density at radius 2 is 1.81 bits per heavy atom. The zero-order chi connectivity index (χ0) is 11.4. The van der Waals surface area contributed by atoms with Crippen molar-refractivity contribution in [2.24, 2.45) is 5.92 Å². The number of amides is 1. The van der Waals surface area contributed by atoms with Gasteiger partial charge in [-0.05, 0) is 38.5 Å². The van der Waals surface area contributed by atoms with Crippen molar-refractivity contribution >= 4 is 17.5 Å². The third kappa shape index (κ3) is 2.71. The lowest BCUT2D eigenvalue weighted by Gasteiger charge is -2.39. The van der Waals surface area contributed by atoms with Crippen LogP contribution in [0.4, 0.5) is 0 Å². The van der Waals surface area contributed by atoms with Crippen LogP contribution in [0, 0.1) is 5.92 Å². The standard InChI is InChI=1S/C13H22ClNO/c14-9-4-10-15(12-7-3-8-12)13(16)11-5-1-2-6-11/h11-12H,1-10H2. The Morgan fingerprint density at radius 1 is 1.12 bits per heavy atom. The maximum Gasteiger partial charge on any atom is 0.225 e. The Balaban J connectivity index is 1.90. The second-order valence-electron chi connectivity index (χ2n) is 5.14. The Morgan fingerprint density at radius 3 is 2.31 bits per heavy atom. The fourth-order valence-corrected chi connectivity index (χ4v) is 2.93. The molecule has 2 fully saturated rings. The molecule has 2 saturated carbocycles. The van der Waals surface area contributed by atoms with Crippen molar-refractivity contribution < 1.29 is 4.79 Å². The predicted molar refractivity (Wildman–Crippen MR) is 66.6 cm³/mol. The summed E-state index contributed by atoms with van der Waals surface area (Å²) < 4.78 is 0. The molecule has 0 bridgehead atoms. The van der Waals surface area contributed by atoms with Crippen LogP contribution in [0.25, 0.3) is 0 Å². The molecule has 2 aliphatic carbocycles. The van der Waals surface area contributed by atoms with E-state index < -0.39 is 0 Å². The van der Waals surface area contributed by atoms with Gasteiger partial charge in [0.25, 0.3) is 0 Å². The average Bonchev–Trinajstić information content (AvgIpc) is 2.73. The van der Waals surface area contributed by atoms with E-state index in [0.29, 0.717) is 23.7 Å². The van der Waals surface area contributed by atoms with E-state index in [1.54, 1.807) is 0 Å². The van der Waals surface area contributed by atoms with E-state index in [2.05, 4.69) is 4.90 Å². The van der Waals surface area contributed by atoms with Crippen LogP contribution < -0.4 is 0 Å². The molecule has 0 radical (unpaired) electrons. The molecule has 0 spiro atoms. The Kier molecular flexibility index (Phi) is 4.51. The summed E-state index contributed by atoms with van der Waals surface area (Å²) in [6.45, 7) is 0.878. The number of alkyl halides is 1. The molecule has 0 heterocycles. The van der Waals surface area contributed by atoms with Gasteiger partial charge in [0.2, 0.25) is 5.91 Å². The van der Waals surface area contributed by atoms with Crippen LogP contribution in [0.1, 0.15) is 51.4 Å². The summed E-state index contributed by atoms with van der Waals surface area (Å²) in [7, 11) is 0. The zero-order valence-corrected chi connectivity index (χ0v) is 10.7. The van der Waals surface area contributed by atoms with E-state index in [1.165, 1.54) is 32.1 Å². The molecule has 16 heavy (non-hydrogen) atoms. The summed E-state index contributed by atoms with van der Waals surface area (Å²) in [4.78, 5) is 14.5. The van der Waals surface area contributed by atoms with Gasteiger partial charge in [-0.1, -0.05) is 12.8 Å². The van der Waals surface area contributed by atoms with E-state index in [9.17, 15) is 4.79 Å². The fourth-order valence-electron chi connectivity index (χ4n) is 2.81. The van der Waals surface area contributed by atoms with E-state index in [-0.39, 0.29) is 0 Å². The highest BCUT2D eigenvalue weighted by molar-refractivity contribution is 6.17. The lowest BCUT2D eigenvalue weighted by Crippen LogP contribution is -2.47. The summed E-state index contributed by atoms with van der Waals surface area (Å²) >= 11 is 5.74. The lowest BCUT2D eigenvalue weighted by atomic mass is 9.90. The van der Waals surface area contributed by atoms with Crippen molar-refractivity contribution in [3.8, 4) is 0 Å². The van der Waals surface area contributed by atoms with Gasteiger partial charge in [0.15, 0.2) is 0 Å². The number of carbonyl (C=O) groups is 1. The maximum atomic E-state index is 12.4. The topological polar surface area (TPSA) is 20.3 Å². The first-order valence-electron chi connectivity index (χ1n) is 6.69. The van der Waals surface area contributed by atoms with Crippen molar-refractivity contribution in [1.29, 1.82) is 0 Å². The molecule has 2 nitrogen and oxygen atoms in total. The van der Waals surface area contributed by atoms with E-state index >= 15 is 0 Å². The third-order valence-corrected chi connectivity index (χ3v) is 4.30. The van der Waals surface area contributed by atoms with Crippen LogP contribution in [0.2, 0.25) is 0 Å². The molecule has 0 N–H and O–H groups in total. The van der Waals surface area contributed by atoms with Crippen molar-refractivity contribution in [2.45, 2.75) is 57.4 Å². The summed E-state index contributed by atoms with van der Waals surface area (Å²) in [5, 5.41) is 0. The fraction of sp³-hybridized carbons (Fsp3) is 0.923. The minimum atomic E-state index is 0.330. The van der Waals surface area contributed by atoms with Gasteiger partial charge in [0.05, 0.1) is 0 Å². The maximum absolute atomic E-state index is 12.4. The Bertz CT molecular complexity index is 234. The molecule has 0 aromatic heterocycles. The predicted octanol–water partition coefficient (Wildman–Crippen LogP) is 3.19. The highest BCUT2D eigenvalue weighted by atomic mass is 35.5. The van der Waals surface area contributed by atoms with Gasteiger partial charge in [-0.15, -0.1) is 11.6 Å². The van der Waals surface area contributed by atoms with Crippen molar-refractivity contribution in [3.05, 3.63) is 0 Å². The molecule has 2 aliphatic rings. The number of hydrogen-bond donors (Lipinski definition) is 0. The van der Waals surface area contributed by atoms with Gasteiger partial charge in [0.1, 0.15) is 0 Å². The minimum absolute atomic E-state index is 0.330. The van der Waals surface area contributed by atoms with E-state index in [4.69, 9.17) is 11.6 Å². The van der Waals surface area contributed by atoms with Gasteiger partial charge in [-0.25, -0.2) is 0 Å². The molecular formula is C13H22ClNO. The van der Waals surface area contributed by atoms with Crippen LogP contribution in [0.5, 0.6) is 0 Å². The largest absolute Gasteiger partial charge is 0.339 e. The third-order valence-electron chi connectivity index (χ3n) is 4.04. The zero-order valence-electron chi connectivity index (χ0n) is 9.96. The first-order valence-corrected chi connectivity index (χ1v) is 7.23. The highest BCUT2D eigenvalue weighted by Gasteiger charge is 2.33. The van der Waals surface area contributed by atoms with Crippen LogP contribution >= 0.6 is 11.6 Å². The van der Waals surface area contributed by atoms with Crippen LogP contribution in [0.3, 0.4) is 0 Å². The van der Waals surface area contributed by atoms with Gasteiger partial charge >= 0.3 is 0 Å². The second-order valence-corrected chi connectivity index (χ2v) is 5.52. The molecule has 0 atom stereocenters. The molecule has 0 aromatic carbocycles. The average molecular weight is 244 g/mol. The number of rotatable bonds is 5. The van der Waals surface area contributed by atoms with Gasteiger partial charge in [-0.2, -0.15) is 0 Å². The molecule has 0 unspecified atom stereocenters. The Hall–Kier alpha value is -0.240. The molecule has 0 aromatic rings. The quantitative estimate of drug-likeness (QED) is 0.680. The first kappa shape index (κ1) is 12.2. The lowest BCUT2D eigenvalue weighted by molar-refractivity contribution is -0.139. The molecule has 92 valence electrons. The minimum Gasteiger partial charge on any atom is -0.339 e. The van der Waals surface area contributed by atoms with Crippen molar-refractivity contribution in [2.75, 3.05) is 12.4 Å². The number of nitrogens with zero attached hydrogens (tertiary/aromatic N) is 1. The highest BCUT2D eigenvalue weighted by Crippen LogP contribution is 2.31. The monoisotopic (exact) mass is 243 g/mol. The summed E-state index contributed by atoms with van der Waals surface area (Å²) in [6.07, 6.45) is 9.36. The SMILES string of the molecule is O=C(C1CCCC1)N(CCCCl)C1CCC1. The van der Waals surface area contributed by atoms with E-state index in [0.717, 1.165) is 25.8 Å². The first-order chi connectivity index (χ1) is 7.83. The molecule has 3 heteroatoms. The molecular weight excluding hydrogens is 222 g/mol. The molecule has 1 amide bonds. The van der Waals surface area contributed by atoms with Gasteiger partial charge in [0, 0.05) is 24.4 Å². The summed E-state index contributed by atoms with van der Waals surface area (Å²) in [6, 6.07) is 0.538. The normalized spacial score (nSPS) is 22.1. The Labute approximate surface area is 103 Å². The van der Waals surface area contributed by atoms with Gasteiger partial charge < -0.3 is 4.90 Å². The van der Waals surface area contributed by atoms with Crippen molar-refractivity contribution in [3.63, 3.8) is 0 Å². The number of hydrogen-bond acceptors (Lipinski definition) is 1. The second kappa shape index (κ2) is 5.90. The smallest absolute Gasteiger partial charge is 0.225 e. The van der Waals surface area contributed by atoms with Crippen LogP contribution in [-0.4, -0.2) is 29.3 Å². The van der Waals surface area contributed by atoms with Crippen molar-refractivity contribution in [1.82, 2.24) is 4.90 Å². The van der Waals surface area contributed by atoms with Crippen LogP contribution in [-0.2, 0) is 4.79 Å². The number of halogens is 1. The van der Waals surface area contributed by atoms with Gasteiger partial charge in [-0.3, -0.25) is 4.79 Å². The number of carbonyl (C=O) groups excluding carboxylic acids is 1. The summed E-state index contributed by atoms with van der Waals surface area (Å²) in [5.41, 5.74) is 0.